The van der Waals surface area contributed by atoms with Gasteiger partial charge >= 0.3 is 5.97 Å². The van der Waals surface area contributed by atoms with Crippen LogP contribution in [0.4, 0.5) is 0 Å². The minimum Gasteiger partial charge on any atom is -0.457 e. The van der Waals surface area contributed by atoms with Gasteiger partial charge in [-0.1, -0.05) is 16.6 Å². The van der Waals surface area contributed by atoms with Crippen molar-refractivity contribution in [1.29, 1.82) is 5.26 Å². The molecule has 0 fully saturated rings. The van der Waals surface area contributed by atoms with Crippen molar-refractivity contribution in [1.82, 2.24) is 4.47 Å². The lowest BCUT2D eigenvalue weighted by Gasteiger charge is -2.14. The van der Waals surface area contributed by atoms with Crippen LogP contribution in [0.25, 0.3) is 0 Å². The topological polar surface area (TPSA) is 96.7 Å². The third-order valence-electron chi connectivity index (χ3n) is 3.41. The van der Waals surface area contributed by atoms with Crippen LogP contribution in [0.15, 0.2) is 53.4 Å². The second kappa shape index (κ2) is 7.90. The first-order valence-corrected chi connectivity index (χ1v) is 8.61. The first kappa shape index (κ1) is 18.6. The van der Waals surface area contributed by atoms with Gasteiger partial charge in [0.05, 0.1) is 29.2 Å². The van der Waals surface area contributed by atoms with Gasteiger partial charge in [0.2, 0.25) is 0 Å². The number of rotatable bonds is 6. The molecule has 0 bridgehead atoms. The summed E-state index contributed by atoms with van der Waals surface area (Å²) in [6, 6.07) is 14.1. The Morgan fingerprint density at radius 1 is 1.20 bits per heavy atom. The molecule has 2 aromatic rings. The summed E-state index contributed by atoms with van der Waals surface area (Å²) < 4.78 is 30.0. The Morgan fingerprint density at radius 3 is 2.48 bits per heavy atom. The van der Waals surface area contributed by atoms with Gasteiger partial charge in [0.1, 0.15) is 6.61 Å². The zero-order chi connectivity index (χ0) is 18.4. The molecule has 0 saturated heterocycles. The molecule has 0 amide bonds. The summed E-state index contributed by atoms with van der Waals surface area (Å²) in [7, 11) is -1.25. The lowest BCUT2D eigenvalue weighted by molar-refractivity contribution is -0.0258. The number of ether oxygens (including phenoxy) is 1. The first-order chi connectivity index (χ1) is 11.9. The van der Waals surface area contributed by atoms with Gasteiger partial charge in [0, 0.05) is 7.05 Å². The van der Waals surface area contributed by atoms with E-state index in [2.05, 4.69) is 4.84 Å². The van der Waals surface area contributed by atoms with Crippen molar-refractivity contribution in [3.63, 3.8) is 0 Å². The molecule has 2 rings (SSSR count). The molecule has 0 radical (unpaired) electrons. The molecule has 0 heterocycles. The summed E-state index contributed by atoms with van der Waals surface area (Å²) >= 11 is 0. The van der Waals surface area contributed by atoms with Crippen molar-refractivity contribution in [2.24, 2.45) is 0 Å². The highest BCUT2D eigenvalue weighted by Crippen LogP contribution is 2.16. The standard InChI is InChI=1S/C17H16N2O5S/c1-19(23-2)25(21,22)16-8-6-15(7-9-16)17(20)24-12-14-5-3-4-13(10-14)11-18/h3-10H,12H2,1-2H3. The Kier molecular flexibility index (Phi) is 5.88. The molecular formula is C17H16N2O5S. The predicted octanol–water partition coefficient (Wildman–Crippen LogP) is 2.10. The number of nitrogens with zero attached hydrogens (tertiary/aromatic N) is 2. The van der Waals surface area contributed by atoms with Crippen LogP contribution >= 0.6 is 0 Å². The van der Waals surface area contributed by atoms with Crippen molar-refractivity contribution in [2.75, 3.05) is 14.2 Å². The minimum absolute atomic E-state index is 0.00452. The van der Waals surface area contributed by atoms with Crippen molar-refractivity contribution < 1.29 is 22.8 Å². The van der Waals surface area contributed by atoms with Crippen molar-refractivity contribution in [3.8, 4) is 6.07 Å². The molecule has 0 spiro atoms. The summed E-state index contributed by atoms with van der Waals surface area (Å²) in [6.07, 6.45) is 0. The van der Waals surface area contributed by atoms with Gasteiger partial charge in [-0.3, -0.25) is 4.84 Å². The highest BCUT2D eigenvalue weighted by molar-refractivity contribution is 7.89. The first-order valence-electron chi connectivity index (χ1n) is 7.17. The van der Waals surface area contributed by atoms with E-state index in [0.29, 0.717) is 11.1 Å². The number of carbonyl (C=O) groups excluding carboxylic acids is 1. The highest BCUT2D eigenvalue weighted by atomic mass is 32.2. The molecule has 0 unspecified atom stereocenters. The molecule has 25 heavy (non-hydrogen) atoms. The van der Waals surface area contributed by atoms with E-state index < -0.39 is 16.0 Å². The SMILES string of the molecule is CON(C)S(=O)(=O)c1ccc(C(=O)OCc2cccc(C#N)c2)cc1. The number of hydrogen-bond acceptors (Lipinski definition) is 6. The average molecular weight is 360 g/mol. The fraction of sp³-hybridized carbons (Fsp3) is 0.176. The molecule has 0 aliphatic heterocycles. The van der Waals surface area contributed by atoms with Gasteiger partial charge in [-0.25, -0.2) is 13.2 Å². The largest absolute Gasteiger partial charge is 0.457 e. The van der Waals surface area contributed by atoms with Crippen LogP contribution < -0.4 is 0 Å². The molecule has 7 nitrogen and oxygen atoms in total. The molecule has 0 saturated carbocycles. The van der Waals surface area contributed by atoms with E-state index in [-0.39, 0.29) is 17.1 Å². The minimum atomic E-state index is -3.77. The van der Waals surface area contributed by atoms with Gasteiger partial charge in [-0.2, -0.15) is 5.26 Å². The Hall–Kier alpha value is -2.73. The maximum absolute atomic E-state index is 12.1. The number of sulfonamides is 1. The Labute approximate surface area is 146 Å². The number of nitriles is 1. The second-order valence-corrected chi connectivity index (χ2v) is 6.95. The maximum Gasteiger partial charge on any atom is 0.338 e. The van der Waals surface area contributed by atoms with Crippen LogP contribution in [0.3, 0.4) is 0 Å². The smallest absolute Gasteiger partial charge is 0.338 e. The number of carbonyl (C=O) groups is 1. The third-order valence-corrected chi connectivity index (χ3v) is 5.10. The van der Waals surface area contributed by atoms with E-state index in [4.69, 9.17) is 10.00 Å². The number of esters is 1. The van der Waals surface area contributed by atoms with Gasteiger partial charge in [-0.05, 0) is 42.0 Å². The lowest BCUT2D eigenvalue weighted by Crippen LogP contribution is -2.25. The molecule has 2 aromatic carbocycles. The molecule has 0 aromatic heterocycles. The highest BCUT2D eigenvalue weighted by Gasteiger charge is 2.21. The third kappa shape index (κ3) is 4.42. The summed E-state index contributed by atoms with van der Waals surface area (Å²) in [5.74, 6) is -0.591. The molecule has 0 aliphatic carbocycles. The van der Waals surface area contributed by atoms with E-state index in [1.807, 2.05) is 6.07 Å². The van der Waals surface area contributed by atoms with Gasteiger partial charge < -0.3 is 4.74 Å². The maximum atomic E-state index is 12.1. The number of benzene rings is 2. The van der Waals surface area contributed by atoms with Gasteiger partial charge in [0.25, 0.3) is 10.0 Å². The molecule has 0 atom stereocenters. The van der Waals surface area contributed by atoms with E-state index in [1.54, 1.807) is 24.3 Å². The zero-order valence-electron chi connectivity index (χ0n) is 13.7. The summed E-state index contributed by atoms with van der Waals surface area (Å²) in [5.41, 5.74) is 1.38. The van der Waals surface area contributed by atoms with Crippen LogP contribution in [0, 0.1) is 11.3 Å². The summed E-state index contributed by atoms with van der Waals surface area (Å²) in [5, 5.41) is 8.85. The summed E-state index contributed by atoms with van der Waals surface area (Å²) in [6.45, 7) is 0.0147. The Balaban J connectivity index is 2.07. The van der Waals surface area contributed by atoms with Crippen molar-refractivity contribution >= 4 is 16.0 Å². The monoisotopic (exact) mass is 360 g/mol. The molecule has 0 aliphatic rings. The fourth-order valence-corrected chi connectivity index (χ4v) is 2.95. The van der Waals surface area contributed by atoms with E-state index in [9.17, 15) is 13.2 Å². The predicted molar refractivity (Wildman–Crippen MR) is 88.7 cm³/mol. The number of hydrogen-bond donors (Lipinski definition) is 0. The zero-order valence-corrected chi connectivity index (χ0v) is 14.5. The van der Waals surface area contributed by atoms with Crippen molar-refractivity contribution in [3.05, 3.63) is 65.2 Å². The van der Waals surface area contributed by atoms with Crippen molar-refractivity contribution in [2.45, 2.75) is 11.5 Å². The summed E-state index contributed by atoms with van der Waals surface area (Å²) in [4.78, 5) is 16.7. The van der Waals surface area contributed by atoms with Crippen LogP contribution in [0.1, 0.15) is 21.5 Å². The Bertz CT molecular complexity index is 901. The fourth-order valence-electron chi connectivity index (χ4n) is 1.97. The van der Waals surface area contributed by atoms with E-state index in [0.717, 1.165) is 4.47 Å². The molecular weight excluding hydrogens is 344 g/mol. The van der Waals surface area contributed by atoms with Crippen LogP contribution in [0.2, 0.25) is 0 Å². The molecule has 0 N–H and O–H groups in total. The Morgan fingerprint density at radius 2 is 1.88 bits per heavy atom. The van der Waals surface area contributed by atoms with E-state index in [1.165, 1.54) is 38.4 Å². The van der Waals surface area contributed by atoms with Gasteiger partial charge in [0.15, 0.2) is 0 Å². The quantitative estimate of drug-likeness (QED) is 0.578. The lowest BCUT2D eigenvalue weighted by atomic mass is 10.1. The van der Waals surface area contributed by atoms with Crippen LogP contribution in [-0.4, -0.2) is 33.0 Å². The van der Waals surface area contributed by atoms with Crippen LogP contribution in [-0.2, 0) is 26.2 Å². The number of hydroxylamine groups is 1. The van der Waals surface area contributed by atoms with E-state index >= 15 is 0 Å². The molecule has 8 heteroatoms. The van der Waals surface area contributed by atoms with Gasteiger partial charge in [-0.15, -0.1) is 0 Å². The average Bonchev–Trinajstić information content (AvgIpc) is 2.65. The second-order valence-electron chi connectivity index (χ2n) is 5.01. The normalized spacial score (nSPS) is 11.1. The molecule has 130 valence electrons. The van der Waals surface area contributed by atoms with Crippen LogP contribution in [0.5, 0.6) is 0 Å².